The normalized spacial score (nSPS) is 16.7. The van der Waals surface area contributed by atoms with Crippen LogP contribution in [0.3, 0.4) is 0 Å². The van der Waals surface area contributed by atoms with Crippen LogP contribution in [0.4, 0.5) is 0 Å². The molecule has 0 bridgehead atoms. The van der Waals surface area contributed by atoms with Crippen molar-refractivity contribution in [1.82, 2.24) is 19.4 Å². The minimum Gasteiger partial charge on any atom is -0.326 e. The highest BCUT2D eigenvalue weighted by atomic mass is 32.1. The van der Waals surface area contributed by atoms with Gasteiger partial charge in [0.1, 0.15) is 11.3 Å². The van der Waals surface area contributed by atoms with E-state index in [2.05, 4.69) is 40.5 Å². The van der Waals surface area contributed by atoms with Gasteiger partial charge in [0.15, 0.2) is 0 Å². The number of piperazine rings is 1. The first-order valence-corrected chi connectivity index (χ1v) is 10.3. The average molecular weight is 371 g/mol. The van der Waals surface area contributed by atoms with Crippen molar-refractivity contribution in [1.29, 1.82) is 0 Å². The first kappa shape index (κ1) is 17.6. The van der Waals surface area contributed by atoms with Gasteiger partial charge in [-0.2, -0.15) is 0 Å². The molecule has 26 heavy (non-hydrogen) atoms. The second-order valence-electron chi connectivity index (χ2n) is 7.20. The van der Waals surface area contributed by atoms with Crippen LogP contribution in [0.15, 0.2) is 29.1 Å². The lowest BCUT2D eigenvalue weighted by Crippen LogP contribution is -2.44. The first-order chi connectivity index (χ1) is 12.7. The summed E-state index contributed by atoms with van der Waals surface area (Å²) in [6, 6.07) is 8.22. The van der Waals surface area contributed by atoms with Crippen molar-refractivity contribution in [3.63, 3.8) is 0 Å². The van der Waals surface area contributed by atoms with Crippen LogP contribution in [0.25, 0.3) is 21.1 Å². The van der Waals surface area contributed by atoms with Crippen LogP contribution in [0.1, 0.15) is 25.6 Å². The Hall–Kier alpha value is -1.76. The van der Waals surface area contributed by atoms with E-state index >= 15 is 0 Å². The molecule has 3 heterocycles. The van der Waals surface area contributed by atoms with E-state index < -0.39 is 0 Å². The van der Waals surface area contributed by atoms with E-state index in [0.29, 0.717) is 5.52 Å². The van der Waals surface area contributed by atoms with Crippen LogP contribution in [0.2, 0.25) is 0 Å². The third-order valence-corrected chi connectivity index (χ3v) is 6.24. The molecule has 5 nitrogen and oxygen atoms in total. The average Bonchev–Trinajstić information content (AvgIpc) is 3.01. The van der Waals surface area contributed by atoms with Crippen molar-refractivity contribution in [2.45, 2.75) is 32.9 Å². The van der Waals surface area contributed by atoms with E-state index in [1.54, 1.807) is 0 Å². The summed E-state index contributed by atoms with van der Waals surface area (Å²) in [7, 11) is 2.17. The Labute approximate surface area is 157 Å². The second-order valence-corrected chi connectivity index (χ2v) is 8.21. The number of fused-ring (bicyclic) bond motifs is 3. The van der Waals surface area contributed by atoms with Gasteiger partial charge in [-0.25, -0.2) is 4.98 Å². The maximum Gasteiger partial charge on any atom is 0.260 e. The van der Waals surface area contributed by atoms with E-state index in [1.165, 1.54) is 11.3 Å². The molecule has 0 atom stereocenters. The monoisotopic (exact) mass is 370 g/mol. The quantitative estimate of drug-likeness (QED) is 0.692. The fraction of sp³-hybridized carbons (Fsp3) is 0.500. The fourth-order valence-electron chi connectivity index (χ4n) is 3.70. The highest BCUT2D eigenvalue weighted by Gasteiger charge is 2.20. The van der Waals surface area contributed by atoms with Gasteiger partial charge >= 0.3 is 0 Å². The maximum atomic E-state index is 12.7. The van der Waals surface area contributed by atoms with E-state index in [0.717, 1.165) is 73.5 Å². The zero-order valence-electron chi connectivity index (χ0n) is 15.6. The smallest absolute Gasteiger partial charge is 0.260 e. The van der Waals surface area contributed by atoms with Gasteiger partial charge < -0.3 is 9.47 Å². The molecule has 1 aliphatic rings. The van der Waals surface area contributed by atoms with Crippen LogP contribution in [0, 0.1) is 0 Å². The van der Waals surface area contributed by atoms with Crippen LogP contribution in [-0.2, 0) is 13.1 Å². The lowest BCUT2D eigenvalue weighted by molar-refractivity contribution is 0.144. The molecule has 6 heteroatoms. The van der Waals surface area contributed by atoms with Crippen molar-refractivity contribution in [3.05, 3.63) is 39.6 Å². The molecule has 138 valence electrons. The zero-order chi connectivity index (χ0) is 18.1. The second kappa shape index (κ2) is 7.47. The van der Waals surface area contributed by atoms with Crippen molar-refractivity contribution in [3.8, 4) is 0 Å². The van der Waals surface area contributed by atoms with Gasteiger partial charge in [-0.3, -0.25) is 9.69 Å². The van der Waals surface area contributed by atoms with Crippen molar-refractivity contribution in [2.75, 3.05) is 33.2 Å². The van der Waals surface area contributed by atoms with Gasteiger partial charge in [0.05, 0.1) is 12.1 Å². The van der Waals surface area contributed by atoms with Crippen molar-refractivity contribution in [2.24, 2.45) is 0 Å². The van der Waals surface area contributed by atoms with Crippen LogP contribution in [-0.4, -0.2) is 52.6 Å². The van der Waals surface area contributed by atoms with E-state index in [-0.39, 0.29) is 4.74 Å². The number of nitrogens with zero attached hydrogens (tertiary/aromatic N) is 4. The molecule has 1 aliphatic heterocycles. The summed E-state index contributed by atoms with van der Waals surface area (Å²) in [4.78, 5) is 22.3. The van der Waals surface area contributed by atoms with Crippen LogP contribution in [0.5, 0.6) is 0 Å². The molecule has 1 fully saturated rings. The number of rotatable bonds is 5. The van der Waals surface area contributed by atoms with E-state index in [1.807, 2.05) is 12.1 Å². The fourth-order valence-corrected chi connectivity index (χ4v) is 4.56. The van der Waals surface area contributed by atoms with Gasteiger partial charge in [0, 0.05) is 42.8 Å². The Kier molecular flexibility index (Phi) is 5.07. The summed E-state index contributed by atoms with van der Waals surface area (Å²) < 4.78 is 3.44. The molecule has 4 rings (SSSR count). The molecule has 0 aliphatic carbocycles. The third kappa shape index (κ3) is 3.29. The molecule has 1 aromatic carbocycles. The van der Waals surface area contributed by atoms with Crippen LogP contribution >= 0.6 is 11.3 Å². The molecule has 0 N–H and O–H groups in total. The molecule has 0 amide bonds. The predicted octanol–water partition coefficient (Wildman–Crippen LogP) is 3.16. The standard InChI is InChI=1S/C20H26N4OS/c1-3-4-9-24-17(14-23-12-10-22(2)11-13-23)21-18-19(24)15-7-5-6-8-16(15)26-20(18)25/h5-8H,3-4,9-14H2,1-2H3. The topological polar surface area (TPSA) is 41.4 Å². The Morgan fingerprint density at radius 3 is 2.69 bits per heavy atom. The molecule has 2 aromatic heterocycles. The SMILES string of the molecule is CCCCn1c(CN2CCN(C)CC2)nc2c(=O)sc3ccccc3c21. The maximum absolute atomic E-state index is 12.7. The Morgan fingerprint density at radius 1 is 1.15 bits per heavy atom. The van der Waals surface area contributed by atoms with Crippen molar-refractivity contribution >= 4 is 32.5 Å². The largest absolute Gasteiger partial charge is 0.326 e. The highest BCUT2D eigenvalue weighted by Crippen LogP contribution is 2.27. The predicted molar refractivity (Wildman–Crippen MR) is 109 cm³/mol. The number of imidazole rings is 1. The summed E-state index contributed by atoms with van der Waals surface area (Å²) in [5.74, 6) is 1.04. The number of aromatic nitrogens is 2. The number of unbranched alkanes of at least 4 members (excludes halogenated alkanes) is 1. The lowest BCUT2D eigenvalue weighted by Gasteiger charge is -2.32. The van der Waals surface area contributed by atoms with E-state index in [9.17, 15) is 4.79 Å². The summed E-state index contributed by atoms with van der Waals surface area (Å²) in [6.45, 7) is 8.25. The molecular formula is C20H26N4OS. The number of hydrogen-bond donors (Lipinski definition) is 0. The highest BCUT2D eigenvalue weighted by molar-refractivity contribution is 7.16. The Morgan fingerprint density at radius 2 is 1.92 bits per heavy atom. The van der Waals surface area contributed by atoms with Gasteiger partial charge in [-0.15, -0.1) is 0 Å². The summed E-state index contributed by atoms with van der Waals surface area (Å²) in [5, 5.41) is 1.15. The number of hydrogen-bond acceptors (Lipinski definition) is 5. The summed E-state index contributed by atoms with van der Waals surface area (Å²) in [5.41, 5.74) is 1.68. The minimum absolute atomic E-state index is 0.0774. The van der Waals surface area contributed by atoms with Gasteiger partial charge in [-0.1, -0.05) is 42.9 Å². The van der Waals surface area contributed by atoms with Crippen molar-refractivity contribution < 1.29 is 0 Å². The Balaban J connectivity index is 1.82. The number of aryl methyl sites for hydroxylation is 1. The molecular weight excluding hydrogens is 344 g/mol. The number of likely N-dealkylation sites (N-methyl/N-ethyl adjacent to an activating group) is 1. The first-order valence-electron chi connectivity index (χ1n) is 9.49. The third-order valence-electron chi connectivity index (χ3n) is 5.28. The number of benzene rings is 1. The molecule has 1 saturated heterocycles. The van der Waals surface area contributed by atoms with Gasteiger partial charge in [0.25, 0.3) is 4.74 Å². The molecule has 0 radical (unpaired) electrons. The molecule has 0 saturated carbocycles. The Bertz CT molecular complexity index is 969. The van der Waals surface area contributed by atoms with Gasteiger partial charge in [-0.05, 0) is 19.5 Å². The minimum atomic E-state index is 0.0774. The molecule has 0 spiro atoms. The van der Waals surface area contributed by atoms with E-state index in [4.69, 9.17) is 4.98 Å². The lowest BCUT2D eigenvalue weighted by atomic mass is 10.2. The van der Waals surface area contributed by atoms with Gasteiger partial charge in [0.2, 0.25) is 0 Å². The summed E-state index contributed by atoms with van der Waals surface area (Å²) in [6.07, 6.45) is 2.23. The zero-order valence-corrected chi connectivity index (χ0v) is 16.4. The molecule has 3 aromatic rings. The molecule has 0 unspecified atom stereocenters. The van der Waals surface area contributed by atoms with Crippen LogP contribution < -0.4 is 4.74 Å². The summed E-state index contributed by atoms with van der Waals surface area (Å²) >= 11 is 1.31.